The maximum atomic E-state index is 13.5. The number of rotatable bonds is 4. The molecule has 1 atom stereocenters. The molecule has 164 valence electrons. The van der Waals surface area contributed by atoms with Crippen molar-refractivity contribution in [3.63, 3.8) is 0 Å². The summed E-state index contributed by atoms with van der Waals surface area (Å²) in [5.74, 6) is 0.545. The second-order valence-electron chi connectivity index (χ2n) is 8.07. The van der Waals surface area contributed by atoms with Gasteiger partial charge in [-0.3, -0.25) is 10.2 Å². The van der Waals surface area contributed by atoms with Gasteiger partial charge in [-0.05, 0) is 60.9 Å². The zero-order valence-electron chi connectivity index (χ0n) is 18.2. The normalized spacial score (nSPS) is 17.2. The van der Waals surface area contributed by atoms with Crippen molar-refractivity contribution in [3.8, 4) is 0 Å². The van der Waals surface area contributed by atoms with E-state index in [4.69, 9.17) is 16.6 Å². The summed E-state index contributed by atoms with van der Waals surface area (Å²) < 4.78 is 0. The molecular weight excluding hydrogens is 450 g/mol. The Morgan fingerprint density at radius 3 is 2.48 bits per heavy atom. The molecule has 0 spiro atoms. The number of fused-ring (bicyclic) bond motifs is 1. The van der Waals surface area contributed by atoms with Crippen molar-refractivity contribution in [2.75, 3.05) is 5.43 Å². The van der Waals surface area contributed by atoms with Gasteiger partial charge in [0.1, 0.15) is 11.2 Å². The lowest BCUT2D eigenvalue weighted by molar-refractivity contribution is -0.124. The number of thioether (sulfide) groups is 1. The van der Waals surface area contributed by atoms with Crippen molar-refractivity contribution in [2.45, 2.75) is 19.2 Å². The van der Waals surface area contributed by atoms with E-state index in [1.54, 1.807) is 5.01 Å². The lowest BCUT2D eigenvalue weighted by Gasteiger charge is -2.25. The third kappa shape index (κ3) is 4.47. The minimum Gasteiger partial charge on any atom is -0.278 e. The number of aryl methyl sites for hydroxylation is 2. The minimum atomic E-state index is -0.250. The van der Waals surface area contributed by atoms with Crippen molar-refractivity contribution in [1.29, 1.82) is 0 Å². The molecule has 6 heteroatoms. The molecule has 1 saturated heterocycles. The summed E-state index contributed by atoms with van der Waals surface area (Å²) in [6.45, 7) is 4.10. The first-order chi connectivity index (χ1) is 16.0. The molecule has 5 rings (SSSR count). The van der Waals surface area contributed by atoms with Crippen LogP contribution in [0, 0.1) is 13.8 Å². The number of pyridine rings is 1. The molecule has 33 heavy (non-hydrogen) atoms. The van der Waals surface area contributed by atoms with Gasteiger partial charge >= 0.3 is 0 Å². The number of nitrogens with one attached hydrogen (secondary N) is 1. The van der Waals surface area contributed by atoms with Crippen LogP contribution in [-0.2, 0) is 4.79 Å². The van der Waals surface area contributed by atoms with E-state index < -0.39 is 0 Å². The van der Waals surface area contributed by atoms with Crippen LogP contribution in [0.4, 0.5) is 5.82 Å². The summed E-state index contributed by atoms with van der Waals surface area (Å²) in [5, 5.41) is 3.17. The molecule has 0 saturated carbocycles. The second kappa shape index (κ2) is 8.93. The predicted octanol–water partition coefficient (Wildman–Crippen LogP) is 7.15. The first kappa shape index (κ1) is 21.6. The number of para-hydroxylation sites is 1. The standard InChI is InChI=1S/C27H22ClN3OS/c1-17-7-9-19(10-8-17)16-24-26(32)31(27(33-24)20-11-13-21(28)14-12-20)30-25-15-18(2)22-5-3-4-6-23(22)29-25/h3-16,27H,1-2H3,(H,29,30)/b24-16+. The van der Waals surface area contributed by atoms with Gasteiger partial charge in [-0.1, -0.05) is 83.5 Å². The van der Waals surface area contributed by atoms with E-state index in [0.29, 0.717) is 15.7 Å². The van der Waals surface area contributed by atoms with Crippen LogP contribution in [0.5, 0.6) is 0 Å². The molecule has 1 fully saturated rings. The van der Waals surface area contributed by atoms with Crippen molar-refractivity contribution in [2.24, 2.45) is 0 Å². The van der Waals surface area contributed by atoms with Crippen LogP contribution < -0.4 is 5.43 Å². The molecule has 0 bridgehead atoms. The summed E-state index contributed by atoms with van der Waals surface area (Å²) in [5.41, 5.74) is 8.43. The van der Waals surface area contributed by atoms with Gasteiger partial charge in [-0.25, -0.2) is 9.99 Å². The predicted molar refractivity (Wildman–Crippen MR) is 138 cm³/mol. The third-order valence-electron chi connectivity index (χ3n) is 5.59. The zero-order valence-corrected chi connectivity index (χ0v) is 19.8. The van der Waals surface area contributed by atoms with E-state index in [2.05, 4.69) is 18.4 Å². The van der Waals surface area contributed by atoms with Gasteiger partial charge in [0.05, 0.1) is 10.4 Å². The Morgan fingerprint density at radius 1 is 1.00 bits per heavy atom. The van der Waals surface area contributed by atoms with Crippen LogP contribution in [0.15, 0.2) is 83.8 Å². The van der Waals surface area contributed by atoms with Crippen LogP contribution >= 0.6 is 23.4 Å². The van der Waals surface area contributed by atoms with Crippen molar-refractivity contribution in [1.82, 2.24) is 9.99 Å². The number of aromatic nitrogens is 1. The molecule has 4 aromatic rings. The molecule has 2 heterocycles. The number of hydrogen-bond donors (Lipinski definition) is 1. The van der Waals surface area contributed by atoms with Gasteiger partial charge in [0, 0.05) is 10.4 Å². The number of carbonyl (C=O) groups excluding carboxylic acids is 1. The Bertz CT molecular complexity index is 1370. The molecule has 3 aromatic carbocycles. The van der Waals surface area contributed by atoms with E-state index in [1.165, 1.54) is 17.3 Å². The Hall–Kier alpha value is -3.28. The Kier molecular flexibility index (Phi) is 5.83. The van der Waals surface area contributed by atoms with E-state index in [9.17, 15) is 4.79 Å². The highest BCUT2D eigenvalue weighted by Gasteiger charge is 2.38. The SMILES string of the molecule is Cc1ccc(/C=C2/SC(c3ccc(Cl)cc3)N(Nc3cc(C)c4ccccc4n3)C2=O)cc1. The molecule has 1 aliphatic rings. The topological polar surface area (TPSA) is 45.2 Å². The molecule has 1 amide bonds. The summed E-state index contributed by atoms with van der Waals surface area (Å²) in [7, 11) is 0. The molecule has 4 nitrogen and oxygen atoms in total. The molecule has 0 radical (unpaired) electrons. The van der Waals surface area contributed by atoms with E-state index >= 15 is 0 Å². The molecular formula is C27H22ClN3OS. The Morgan fingerprint density at radius 2 is 1.73 bits per heavy atom. The molecule has 1 unspecified atom stereocenters. The van der Waals surface area contributed by atoms with Gasteiger partial charge < -0.3 is 0 Å². The van der Waals surface area contributed by atoms with E-state index in [1.807, 2.05) is 85.8 Å². The number of carbonyl (C=O) groups is 1. The maximum Gasteiger partial charge on any atom is 0.280 e. The largest absolute Gasteiger partial charge is 0.280 e. The highest BCUT2D eigenvalue weighted by Crippen LogP contribution is 2.46. The van der Waals surface area contributed by atoms with Crippen LogP contribution in [0.3, 0.4) is 0 Å². The van der Waals surface area contributed by atoms with Gasteiger partial charge in [-0.2, -0.15) is 0 Å². The van der Waals surface area contributed by atoms with Crippen LogP contribution in [-0.4, -0.2) is 15.9 Å². The first-order valence-corrected chi connectivity index (χ1v) is 11.9. The average Bonchev–Trinajstić information content (AvgIpc) is 3.11. The number of halogens is 1. The number of anilines is 1. The maximum absolute atomic E-state index is 13.5. The fraction of sp³-hybridized carbons (Fsp3) is 0.111. The Balaban J connectivity index is 1.52. The highest BCUT2D eigenvalue weighted by molar-refractivity contribution is 8.04. The zero-order chi connectivity index (χ0) is 22.9. The summed E-state index contributed by atoms with van der Waals surface area (Å²) >= 11 is 7.63. The quantitative estimate of drug-likeness (QED) is 0.321. The number of hydrogen-bond acceptors (Lipinski definition) is 4. The van der Waals surface area contributed by atoms with Gasteiger partial charge in [0.15, 0.2) is 0 Å². The number of nitrogens with zero attached hydrogens (tertiary/aromatic N) is 2. The molecule has 1 aromatic heterocycles. The number of hydrazine groups is 1. The van der Waals surface area contributed by atoms with Crippen molar-refractivity contribution in [3.05, 3.63) is 111 Å². The fourth-order valence-corrected chi connectivity index (χ4v) is 5.16. The first-order valence-electron chi connectivity index (χ1n) is 10.6. The van der Waals surface area contributed by atoms with Gasteiger partial charge in [-0.15, -0.1) is 0 Å². The smallest absolute Gasteiger partial charge is 0.278 e. The molecule has 0 aliphatic carbocycles. The van der Waals surface area contributed by atoms with Crippen LogP contribution in [0.25, 0.3) is 17.0 Å². The summed E-state index contributed by atoms with van der Waals surface area (Å²) in [4.78, 5) is 18.9. The van der Waals surface area contributed by atoms with Crippen LogP contribution in [0.2, 0.25) is 5.02 Å². The lowest BCUT2D eigenvalue weighted by Crippen LogP contribution is -2.33. The third-order valence-corrected chi connectivity index (χ3v) is 7.10. The highest BCUT2D eigenvalue weighted by atomic mass is 35.5. The minimum absolute atomic E-state index is 0.0897. The fourth-order valence-electron chi connectivity index (χ4n) is 3.84. The average molecular weight is 472 g/mol. The Labute approximate surface area is 202 Å². The van der Waals surface area contributed by atoms with Gasteiger partial charge in [0.25, 0.3) is 5.91 Å². The molecule has 1 N–H and O–H groups in total. The number of amides is 1. The van der Waals surface area contributed by atoms with Gasteiger partial charge in [0.2, 0.25) is 0 Å². The monoisotopic (exact) mass is 471 g/mol. The number of benzene rings is 3. The van der Waals surface area contributed by atoms with Crippen molar-refractivity contribution < 1.29 is 4.79 Å². The lowest BCUT2D eigenvalue weighted by atomic mass is 10.1. The summed E-state index contributed by atoms with van der Waals surface area (Å²) in [6, 6.07) is 25.7. The van der Waals surface area contributed by atoms with E-state index in [-0.39, 0.29) is 11.3 Å². The molecule has 1 aliphatic heterocycles. The van der Waals surface area contributed by atoms with Crippen molar-refractivity contribution >= 4 is 52.1 Å². The second-order valence-corrected chi connectivity index (χ2v) is 9.63. The summed E-state index contributed by atoms with van der Waals surface area (Å²) in [6.07, 6.45) is 1.94. The van der Waals surface area contributed by atoms with Crippen LogP contribution in [0.1, 0.15) is 27.6 Å². The van der Waals surface area contributed by atoms with E-state index in [0.717, 1.165) is 27.6 Å².